The molecule has 7 heteroatoms. The van der Waals surface area contributed by atoms with Gasteiger partial charge in [0.2, 0.25) is 10.0 Å². The van der Waals surface area contributed by atoms with E-state index in [1.165, 1.54) is 12.1 Å². The Morgan fingerprint density at radius 1 is 1.20 bits per heavy atom. The highest BCUT2D eigenvalue weighted by Gasteiger charge is 2.26. The van der Waals surface area contributed by atoms with E-state index < -0.39 is 15.6 Å². The van der Waals surface area contributed by atoms with Crippen molar-refractivity contribution < 1.29 is 13.2 Å². The van der Waals surface area contributed by atoms with Gasteiger partial charge in [0.25, 0.3) is 5.91 Å². The predicted octanol–water partition coefficient (Wildman–Crippen LogP) is 1.96. The van der Waals surface area contributed by atoms with E-state index in [4.69, 9.17) is 5.73 Å². The molecule has 1 aliphatic heterocycles. The van der Waals surface area contributed by atoms with Gasteiger partial charge in [0.1, 0.15) is 0 Å². The average Bonchev–Trinajstić information content (AvgIpc) is 2.52. The summed E-state index contributed by atoms with van der Waals surface area (Å²) in [6.45, 7) is 8.75. The molecule has 140 valence electrons. The molecule has 1 aromatic carbocycles. The number of hydrogen-bond acceptors (Lipinski definition) is 4. The summed E-state index contributed by atoms with van der Waals surface area (Å²) in [6.07, 6.45) is 1.82. The molecule has 0 radical (unpaired) electrons. The average molecular weight is 368 g/mol. The zero-order valence-corrected chi connectivity index (χ0v) is 16.3. The third kappa shape index (κ3) is 5.26. The maximum atomic E-state index is 12.6. The molecule has 1 aliphatic rings. The minimum atomic E-state index is -3.59. The van der Waals surface area contributed by atoms with Crippen LogP contribution in [0.3, 0.4) is 0 Å². The van der Waals surface area contributed by atoms with Gasteiger partial charge >= 0.3 is 0 Å². The Labute approximate surface area is 150 Å². The molecule has 1 aromatic rings. The number of nitrogens with two attached hydrogens (primary N) is 1. The molecule has 0 saturated carbocycles. The van der Waals surface area contributed by atoms with Crippen molar-refractivity contribution in [2.45, 2.75) is 57.0 Å². The lowest BCUT2D eigenvalue weighted by Crippen LogP contribution is -2.42. The van der Waals surface area contributed by atoms with Gasteiger partial charge in [-0.3, -0.25) is 4.79 Å². The summed E-state index contributed by atoms with van der Waals surface area (Å²) in [5, 5.41) is 0. The van der Waals surface area contributed by atoms with Gasteiger partial charge in [-0.05, 0) is 70.7 Å². The highest BCUT2D eigenvalue weighted by molar-refractivity contribution is 7.89. The molecule has 1 saturated heterocycles. The van der Waals surface area contributed by atoms with Gasteiger partial charge < -0.3 is 10.6 Å². The quantitative estimate of drug-likeness (QED) is 0.851. The van der Waals surface area contributed by atoms with E-state index in [2.05, 4.69) is 4.72 Å². The van der Waals surface area contributed by atoms with Crippen LogP contribution in [0.15, 0.2) is 29.2 Å². The molecular formula is C18H29N3O3S. The van der Waals surface area contributed by atoms with Crippen molar-refractivity contribution in [3.8, 4) is 0 Å². The van der Waals surface area contributed by atoms with E-state index in [0.717, 1.165) is 12.8 Å². The van der Waals surface area contributed by atoms with Crippen LogP contribution in [-0.4, -0.2) is 43.9 Å². The third-order valence-electron chi connectivity index (χ3n) is 4.42. The van der Waals surface area contributed by atoms with E-state index >= 15 is 0 Å². The largest absolute Gasteiger partial charge is 0.339 e. The van der Waals surface area contributed by atoms with Gasteiger partial charge in [-0.25, -0.2) is 13.1 Å². The zero-order chi connectivity index (χ0) is 18.8. The van der Waals surface area contributed by atoms with Crippen molar-refractivity contribution in [3.05, 3.63) is 29.8 Å². The van der Waals surface area contributed by atoms with E-state index in [9.17, 15) is 13.2 Å². The van der Waals surface area contributed by atoms with Gasteiger partial charge in [0, 0.05) is 30.2 Å². The normalized spacial score (nSPS) is 18.2. The van der Waals surface area contributed by atoms with Crippen LogP contribution >= 0.6 is 0 Å². The fourth-order valence-electron chi connectivity index (χ4n) is 3.05. The lowest BCUT2D eigenvalue weighted by atomic mass is 9.90. The second kappa shape index (κ2) is 7.43. The van der Waals surface area contributed by atoms with E-state index in [0.29, 0.717) is 24.6 Å². The molecule has 1 unspecified atom stereocenters. The molecule has 0 aliphatic carbocycles. The first-order valence-electron chi connectivity index (χ1n) is 8.68. The highest BCUT2D eigenvalue weighted by atomic mass is 32.2. The monoisotopic (exact) mass is 367 g/mol. The summed E-state index contributed by atoms with van der Waals surface area (Å²) in [4.78, 5) is 14.6. The van der Waals surface area contributed by atoms with Crippen molar-refractivity contribution in [3.63, 3.8) is 0 Å². The molecule has 0 bridgehead atoms. The van der Waals surface area contributed by atoms with E-state index in [1.54, 1.807) is 32.9 Å². The van der Waals surface area contributed by atoms with Crippen LogP contribution in [0.5, 0.6) is 0 Å². The minimum Gasteiger partial charge on any atom is -0.339 e. The molecular weight excluding hydrogens is 338 g/mol. The van der Waals surface area contributed by atoms with E-state index in [-0.39, 0.29) is 16.8 Å². The fourth-order valence-corrected chi connectivity index (χ4v) is 4.47. The number of benzene rings is 1. The zero-order valence-electron chi connectivity index (χ0n) is 15.5. The number of amides is 1. The lowest BCUT2D eigenvalue weighted by Gasteiger charge is -2.33. The smallest absolute Gasteiger partial charge is 0.253 e. The van der Waals surface area contributed by atoms with Crippen LogP contribution < -0.4 is 10.5 Å². The van der Waals surface area contributed by atoms with Crippen LogP contribution in [-0.2, 0) is 10.0 Å². The number of carbonyl (C=O) groups excluding carboxylic acids is 1. The molecule has 1 heterocycles. The Kier molecular flexibility index (Phi) is 5.91. The molecule has 3 N–H and O–H groups in total. The SMILES string of the molecule is CC(N)C1CCN(C(=O)c2ccc(S(=O)(=O)NC(C)(C)C)cc2)CC1. The standard InChI is InChI=1S/C18H29N3O3S/c1-13(19)14-9-11-21(12-10-14)17(22)15-5-7-16(8-6-15)25(23,24)20-18(2,3)4/h5-8,13-14,20H,9-12,19H2,1-4H3. The highest BCUT2D eigenvalue weighted by Crippen LogP contribution is 2.22. The Morgan fingerprint density at radius 2 is 1.72 bits per heavy atom. The fraction of sp³-hybridized carbons (Fsp3) is 0.611. The lowest BCUT2D eigenvalue weighted by molar-refractivity contribution is 0.0681. The molecule has 1 atom stereocenters. The number of nitrogens with one attached hydrogen (secondary N) is 1. The van der Waals surface area contributed by atoms with Crippen LogP contribution in [0.25, 0.3) is 0 Å². The second-order valence-corrected chi connectivity index (χ2v) is 9.55. The van der Waals surface area contributed by atoms with Gasteiger partial charge in [0.05, 0.1) is 4.90 Å². The second-order valence-electron chi connectivity index (χ2n) is 7.87. The maximum absolute atomic E-state index is 12.6. The summed E-state index contributed by atoms with van der Waals surface area (Å²) in [6, 6.07) is 6.28. The summed E-state index contributed by atoms with van der Waals surface area (Å²) >= 11 is 0. The van der Waals surface area contributed by atoms with Gasteiger partial charge in [0.15, 0.2) is 0 Å². The molecule has 0 spiro atoms. The van der Waals surface area contributed by atoms with Crippen LogP contribution in [0.2, 0.25) is 0 Å². The summed E-state index contributed by atoms with van der Waals surface area (Å²) in [5.41, 5.74) is 5.89. The Balaban J connectivity index is 2.06. The first-order valence-corrected chi connectivity index (χ1v) is 10.2. The molecule has 0 aromatic heterocycles. The molecule has 6 nitrogen and oxygen atoms in total. The van der Waals surface area contributed by atoms with Crippen molar-refractivity contribution in [1.29, 1.82) is 0 Å². The number of hydrogen-bond donors (Lipinski definition) is 2. The van der Waals surface area contributed by atoms with Crippen molar-refractivity contribution in [1.82, 2.24) is 9.62 Å². The number of piperidine rings is 1. The summed E-state index contributed by atoms with van der Waals surface area (Å²) in [5.74, 6) is 0.399. The Bertz CT molecular complexity index is 698. The third-order valence-corrected chi connectivity index (χ3v) is 6.20. The molecule has 1 fully saturated rings. The van der Waals surface area contributed by atoms with Crippen molar-refractivity contribution >= 4 is 15.9 Å². The minimum absolute atomic E-state index is 0.0594. The molecule has 2 rings (SSSR count). The van der Waals surface area contributed by atoms with Crippen LogP contribution in [0.1, 0.15) is 50.9 Å². The molecule has 25 heavy (non-hydrogen) atoms. The maximum Gasteiger partial charge on any atom is 0.253 e. The van der Waals surface area contributed by atoms with Crippen molar-refractivity contribution in [2.24, 2.45) is 11.7 Å². The Hall–Kier alpha value is -1.44. The topological polar surface area (TPSA) is 92.5 Å². The summed E-state index contributed by atoms with van der Waals surface area (Å²) in [7, 11) is -3.59. The van der Waals surface area contributed by atoms with Crippen LogP contribution in [0.4, 0.5) is 0 Å². The summed E-state index contributed by atoms with van der Waals surface area (Å²) < 4.78 is 27.2. The number of likely N-dealkylation sites (tertiary alicyclic amines) is 1. The van der Waals surface area contributed by atoms with Gasteiger partial charge in [-0.15, -0.1) is 0 Å². The predicted molar refractivity (Wildman–Crippen MR) is 98.8 cm³/mol. The first kappa shape index (κ1) is 19.9. The van der Waals surface area contributed by atoms with Gasteiger partial charge in [-0.1, -0.05) is 0 Å². The first-order chi connectivity index (χ1) is 11.5. The van der Waals surface area contributed by atoms with Crippen LogP contribution in [0, 0.1) is 5.92 Å². The number of nitrogens with zero attached hydrogens (tertiary/aromatic N) is 1. The Morgan fingerprint density at radius 3 is 2.16 bits per heavy atom. The van der Waals surface area contributed by atoms with E-state index in [1.807, 2.05) is 11.8 Å². The number of carbonyl (C=O) groups is 1. The molecule has 1 amide bonds. The van der Waals surface area contributed by atoms with Gasteiger partial charge in [-0.2, -0.15) is 0 Å². The number of rotatable bonds is 4. The number of sulfonamides is 1. The van der Waals surface area contributed by atoms with Crippen molar-refractivity contribution in [2.75, 3.05) is 13.1 Å².